The van der Waals surface area contributed by atoms with Crippen molar-refractivity contribution < 1.29 is 4.79 Å². The highest BCUT2D eigenvalue weighted by atomic mass is 35.5. The summed E-state index contributed by atoms with van der Waals surface area (Å²) >= 11 is 6.20. The molecule has 0 aliphatic rings. The molecule has 3 nitrogen and oxygen atoms in total. The fraction of sp³-hybridized carbons (Fsp3) is 0. The summed E-state index contributed by atoms with van der Waals surface area (Å²) in [4.78, 5) is 16.6. The zero-order valence-electron chi connectivity index (χ0n) is 15.0. The Balaban J connectivity index is 1.77. The van der Waals surface area contributed by atoms with Crippen LogP contribution < -0.4 is 5.32 Å². The Hall–Kier alpha value is -3.43. The Kier molecular flexibility index (Phi) is 5.18. The number of pyridine rings is 1. The van der Waals surface area contributed by atoms with Gasteiger partial charge in [-0.2, -0.15) is 0 Å². The third kappa shape index (κ3) is 3.80. The molecule has 0 atom stereocenters. The predicted octanol–water partition coefficient (Wildman–Crippen LogP) is 6.32. The Labute approximate surface area is 168 Å². The van der Waals surface area contributed by atoms with Gasteiger partial charge < -0.3 is 5.32 Å². The van der Waals surface area contributed by atoms with Crippen molar-refractivity contribution in [3.05, 3.63) is 108 Å². The lowest BCUT2D eigenvalue weighted by atomic mass is 9.93. The number of hydrogen-bond acceptors (Lipinski definition) is 2. The second-order valence-corrected chi connectivity index (χ2v) is 6.73. The number of carbonyl (C=O) groups excluding carboxylic acids is 1. The second-order valence-electron chi connectivity index (χ2n) is 6.30. The van der Waals surface area contributed by atoms with E-state index in [1.807, 2.05) is 66.7 Å². The molecule has 0 saturated heterocycles. The molecule has 4 rings (SSSR count). The summed E-state index contributed by atoms with van der Waals surface area (Å²) < 4.78 is 0. The molecule has 1 aromatic heterocycles. The maximum absolute atomic E-state index is 12.6. The molecule has 0 fully saturated rings. The summed E-state index contributed by atoms with van der Waals surface area (Å²) in [6.45, 7) is 0. The third-order valence-electron chi connectivity index (χ3n) is 4.45. The molecule has 0 aliphatic heterocycles. The maximum atomic E-state index is 12.6. The first-order valence-electron chi connectivity index (χ1n) is 8.88. The average Bonchev–Trinajstić information content (AvgIpc) is 2.75. The van der Waals surface area contributed by atoms with Gasteiger partial charge in [0.05, 0.1) is 5.56 Å². The van der Waals surface area contributed by atoms with Gasteiger partial charge in [0.2, 0.25) is 0 Å². The standard InChI is InChI=1S/C24H17ClN2O/c25-19-9-5-7-17(15-19)20-10-1-2-11-21(20)22-12-3-4-13-23(22)27-24(28)18-8-6-14-26-16-18/h1-16H,(H,27,28). The molecule has 1 heterocycles. The van der Waals surface area contributed by atoms with Crippen molar-refractivity contribution in [3.63, 3.8) is 0 Å². The van der Waals surface area contributed by atoms with Gasteiger partial charge in [0.25, 0.3) is 5.91 Å². The van der Waals surface area contributed by atoms with Gasteiger partial charge >= 0.3 is 0 Å². The van der Waals surface area contributed by atoms with Crippen molar-refractivity contribution in [1.82, 2.24) is 4.98 Å². The van der Waals surface area contributed by atoms with E-state index in [4.69, 9.17) is 11.6 Å². The predicted molar refractivity (Wildman–Crippen MR) is 115 cm³/mol. The number of anilines is 1. The smallest absolute Gasteiger partial charge is 0.257 e. The molecule has 0 bridgehead atoms. The van der Waals surface area contributed by atoms with Gasteiger partial charge in [-0.1, -0.05) is 66.2 Å². The third-order valence-corrected chi connectivity index (χ3v) is 4.69. The van der Waals surface area contributed by atoms with Crippen LogP contribution in [-0.4, -0.2) is 10.9 Å². The first-order chi connectivity index (χ1) is 13.7. The number of halogens is 1. The van der Waals surface area contributed by atoms with Crippen molar-refractivity contribution >= 4 is 23.2 Å². The summed E-state index contributed by atoms with van der Waals surface area (Å²) in [5.41, 5.74) is 5.29. The number of aromatic nitrogens is 1. The van der Waals surface area contributed by atoms with Crippen LogP contribution in [0.25, 0.3) is 22.3 Å². The molecular weight excluding hydrogens is 368 g/mol. The fourth-order valence-electron chi connectivity index (χ4n) is 3.14. The lowest BCUT2D eigenvalue weighted by Gasteiger charge is -2.15. The largest absolute Gasteiger partial charge is 0.321 e. The topological polar surface area (TPSA) is 42.0 Å². The number of rotatable bonds is 4. The van der Waals surface area contributed by atoms with E-state index in [1.165, 1.54) is 0 Å². The number of nitrogens with one attached hydrogen (secondary N) is 1. The van der Waals surface area contributed by atoms with Crippen molar-refractivity contribution in [3.8, 4) is 22.3 Å². The number of carbonyl (C=O) groups is 1. The Bertz CT molecular complexity index is 1130. The van der Waals surface area contributed by atoms with Gasteiger partial charge in [-0.05, 0) is 47.0 Å². The number of hydrogen-bond donors (Lipinski definition) is 1. The van der Waals surface area contributed by atoms with Gasteiger partial charge in [-0.25, -0.2) is 0 Å². The molecule has 4 heteroatoms. The van der Waals surface area contributed by atoms with Crippen LogP contribution in [0.3, 0.4) is 0 Å². The summed E-state index contributed by atoms with van der Waals surface area (Å²) in [5.74, 6) is -0.194. The second kappa shape index (κ2) is 8.07. The number of amides is 1. The molecule has 1 N–H and O–H groups in total. The molecule has 0 spiro atoms. The van der Waals surface area contributed by atoms with E-state index in [1.54, 1.807) is 24.5 Å². The van der Waals surface area contributed by atoms with Crippen LogP contribution in [0.1, 0.15) is 10.4 Å². The van der Waals surface area contributed by atoms with Gasteiger partial charge in [-0.15, -0.1) is 0 Å². The molecule has 4 aromatic rings. The van der Waals surface area contributed by atoms with E-state index in [2.05, 4.69) is 16.4 Å². The molecule has 136 valence electrons. The molecule has 1 amide bonds. The van der Waals surface area contributed by atoms with Crippen LogP contribution in [0.2, 0.25) is 5.02 Å². The maximum Gasteiger partial charge on any atom is 0.257 e. The molecule has 0 radical (unpaired) electrons. The minimum Gasteiger partial charge on any atom is -0.321 e. The van der Waals surface area contributed by atoms with Crippen LogP contribution in [-0.2, 0) is 0 Å². The molecule has 0 saturated carbocycles. The number of benzene rings is 3. The van der Waals surface area contributed by atoms with Gasteiger partial charge in [-0.3, -0.25) is 9.78 Å². The summed E-state index contributed by atoms with van der Waals surface area (Å²) in [6, 6.07) is 27.1. The van der Waals surface area contributed by atoms with E-state index in [9.17, 15) is 4.79 Å². The van der Waals surface area contributed by atoms with E-state index in [-0.39, 0.29) is 5.91 Å². The van der Waals surface area contributed by atoms with Gasteiger partial charge in [0.1, 0.15) is 0 Å². The number of nitrogens with zero attached hydrogens (tertiary/aromatic N) is 1. The monoisotopic (exact) mass is 384 g/mol. The number of para-hydroxylation sites is 1. The molecule has 0 aliphatic carbocycles. The average molecular weight is 385 g/mol. The Morgan fingerprint density at radius 2 is 1.54 bits per heavy atom. The lowest BCUT2D eigenvalue weighted by Crippen LogP contribution is -2.12. The van der Waals surface area contributed by atoms with E-state index in [0.717, 1.165) is 27.9 Å². The van der Waals surface area contributed by atoms with Gasteiger partial charge in [0.15, 0.2) is 0 Å². The fourth-order valence-corrected chi connectivity index (χ4v) is 3.33. The lowest BCUT2D eigenvalue weighted by molar-refractivity contribution is 0.102. The molecule has 28 heavy (non-hydrogen) atoms. The highest BCUT2D eigenvalue weighted by Crippen LogP contribution is 2.36. The van der Waals surface area contributed by atoms with Crippen LogP contribution in [0.5, 0.6) is 0 Å². The van der Waals surface area contributed by atoms with E-state index >= 15 is 0 Å². The molecule has 3 aromatic carbocycles. The van der Waals surface area contributed by atoms with Crippen LogP contribution >= 0.6 is 11.6 Å². The van der Waals surface area contributed by atoms with Crippen molar-refractivity contribution in [2.75, 3.05) is 5.32 Å². The van der Waals surface area contributed by atoms with Crippen molar-refractivity contribution in [2.24, 2.45) is 0 Å². The summed E-state index contributed by atoms with van der Waals surface area (Å²) in [7, 11) is 0. The molecule has 0 unspecified atom stereocenters. The minimum atomic E-state index is -0.194. The van der Waals surface area contributed by atoms with Crippen molar-refractivity contribution in [1.29, 1.82) is 0 Å². The summed E-state index contributed by atoms with van der Waals surface area (Å²) in [5, 5.41) is 3.70. The first kappa shape index (κ1) is 18.0. The first-order valence-corrected chi connectivity index (χ1v) is 9.26. The van der Waals surface area contributed by atoms with Crippen LogP contribution in [0.4, 0.5) is 5.69 Å². The van der Waals surface area contributed by atoms with Gasteiger partial charge in [0, 0.05) is 28.7 Å². The highest BCUT2D eigenvalue weighted by Gasteiger charge is 2.13. The normalized spacial score (nSPS) is 10.5. The summed E-state index contributed by atoms with van der Waals surface area (Å²) in [6.07, 6.45) is 3.20. The quantitative estimate of drug-likeness (QED) is 0.447. The highest BCUT2D eigenvalue weighted by molar-refractivity contribution is 6.30. The van der Waals surface area contributed by atoms with E-state index in [0.29, 0.717) is 10.6 Å². The Morgan fingerprint density at radius 3 is 2.29 bits per heavy atom. The zero-order chi connectivity index (χ0) is 19.3. The van der Waals surface area contributed by atoms with Crippen LogP contribution in [0.15, 0.2) is 97.3 Å². The zero-order valence-corrected chi connectivity index (χ0v) is 15.7. The SMILES string of the molecule is O=C(Nc1ccccc1-c1ccccc1-c1cccc(Cl)c1)c1cccnc1. The van der Waals surface area contributed by atoms with Crippen LogP contribution in [0, 0.1) is 0 Å². The van der Waals surface area contributed by atoms with E-state index < -0.39 is 0 Å². The minimum absolute atomic E-state index is 0.194. The Morgan fingerprint density at radius 1 is 0.786 bits per heavy atom. The molecular formula is C24H17ClN2O. The van der Waals surface area contributed by atoms with Crippen molar-refractivity contribution in [2.45, 2.75) is 0 Å².